The Hall–Kier alpha value is -4.19. The van der Waals surface area contributed by atoms with Gasteiger partial charge in [-0.15, -0.1) is 0 Å². The molecule has 0 aliphatic carbocycles. The zero-order valence-electron chi connectivity index (χ0n) is 19.0. The third-order valence-corrected chi connectivity index (χ3v) is 5.65. The van der Waals surface area contributed by atoms with Crippen LogP contribution in [0.4, 0.5) is 17.1 Å². The zero-order chi connectivity index (χ0) is 23.7. The van der Waals surface area contributed by atoms with Gasteiger partial charge in [-0.05, 0) is 73.9 Å². The summed E-state index contributed by atoms with van der Waals surface area (Å²) in [6, 6.07) is 20.0. The molecule has 3 amide bonds. The Morgan fingerprint density at radius 3 is 2.00 bits per heavy atom. The average molecular weight is 440 g/mol. The number of anilines is 3. The van der Waals surface area contributed by atoms with E-state index in [2.05, 4.69) is 10.6 Å². The summed E-state index contributed by atoms with van der Waals surface area (Å²) in [6.07, 6.45) is 0. The van der Waals surface area contributed by atoms with Crippen LogP contribution in [0, 0.1) is 20.8 Å². The summed E-state index contributed by atoms with van der Waals surface area (Å²) in [5, 5.41) is 5.91. The van der Waals surface area contributed by atoms with E-state index in [1.165, 1.54) is 11.8 Å². The van der Waals surface area contributed by atoms with E-state index in [0.29, 0.717) is 16.9 Å². The molecule has 166 valence electrons. The first kappa shape index (κ1) is 22.0. The van der Waals surface area contributed by atoms with E-state index in [0.717, 1.165) is 22.4 Å². The van der Waals surface area contributed by atoms with Crippen LogP contribution in [0.2, 0.25) is 0 Å². The van der Waals surface area contributed by atoms with Gasteiger partial charge < -0.3 is 10.6 Å². The number of hydrogen-bond donors (Lipinski definition) is 2. The molecule has 33 heavy (non-hydrogen) atoms. The molecule has 0 saturated heterocycles. The molecule has 1 heterocycles. The standard InChI is InChI=1S/C27H25N3O3/c1-16-5-13-23(14-6-16)30-26(32)24(20-8-11-21(12-9-20)28-19(4)31)25(27(30)33)29-22-10-7-17(2)18(3)15-22/h5-15,29H,1-4H3,(H,28,31). The second kappa shape index (κ2) is 8.74. The first-order chi connectivity index (χ1) is 15.7. The highest BCUT2D eigenvalue weighted by Gasteiger charge is 2.40. The molecule has 6 heteroatoms. The van der Waals surface area contributed by atoms with Crippen molar-refractivity contribution in [2.45, 2.75) is 27.7 Å². The lowest BCUT2D eigenvalue weighted by Crippen LogP contribution is -2.32. The Balaban J connectivity index is 1.79. The second-order valence-electron chi connectivity index (χ2n) is 8.21. The first-order valence-corrected chi connectivity index (χ1v) is 10.7. The fourth-order valence-corrected chi connectivity index (χ4v) is 3.73. The summed E-state index contributed by atoms with van der Waals surface area (Å²) < 4.78 is 0. The monoisotopic (exact) mass is 439 g/mol. The van der Waals surface area contributed by atoms with Gasteiger partial charge in [0.25, 0.3) is 11.8 Å². The van der Waals surface area contributed by atoms with Gasteiger partial charge in [0.15, 0.2) is 0 Å². The minimum atomic E-state index is -0.414. The molecule has 2 N–H and O–H groups in total. The molecule has 0 fully saturated rings. The SMILES string of the molecule is CC(=O)Nc1ccc(C2=C(Nc3ccc(C)c(C)c3)C(=O)N(c3ccc(C)cc3)C2=O)cc1. The molecule has 1 aliphatic rings. The number of nitrogens with one attached hydrogen (secondary N) is 2. The second-order valence-corrected chi connectivity index (χ2v) is 8.21. The van der Waals surface area contributed by atoms with Crippen LogP contribution in [-0.2, 0) is 14.4 Å². The zero-order valence-corrected chi connectivity index (χ0v) is 19.0. The van der Waals surface area contributed by atoms with Gasteiger partial charge >= 0.3 is 0 Å². The molecule has 1 aliphatic heterocycles. The maximum absolute atomic E-state index is 13.5. The van der Waals surface area contributed by atoms with Crippen LogP contribution in [0.3, 0.4) is 0 Å². The van der Waals surface area contributed by atoms with Gasteiger partial charge in [-0.3, -0.25) is 14.4 Å². The minimum absolute atomic E-state index is 0.184. The fourth-order valence-electron chi connectivity index (χ4n) is 3.73. The topological polar surface area (TPSA) is 78.5 Å². The summed E-state index contributed by atoms with van der Waals surface area (Å²) in [7, 11) is 0. The Bertz CT molecular complexity index is 1290. The third kappa shape index (κ3) is 4.41. The first-order valence-electron chi connectivity index (χ1n) is 10.7. The van der Waals surface area contributed by atoms with Crippen LogP contribution in [0.5, 0.6) is 0 Å². The summed E-state index contributed by atoms with van der Waals surface area (Å²) in [5.74, 6) is -0.998. The summed E-state index contributed by atoms with van der Waals surface area (Å²) in [4.78, 5) is 39.5. The highest BCUT2D eigenvalue weighted by molar-refractivity contribution is 6.46. The lowest BCUT2D eigenvalue weighted by molar-refractivity contribution is -0.120. The van der Waals surface area contributed by atoms with E-state index >= 15 is 0 Å². The van der Waals surface area contributed by atoms with Gasteiger partial charge in [0, 0.05) is 18.3 Å². The van der Waals surface area contributed by atoms with Crippen molar-refractivity contribution in [1.29, 1.82) is 0 Å². The molecule has 0 bridgehead atoms. The van der Waals surface area contributed by atoms with Crippen molar-refractivity contribution in [3.8, 4) is 0 Å². The average Bonchev–Trinajstić information content (AvgIpc) is 3.01. The van der Waals surface area contributed by atoms with Crippen molar-refractivity contribution in [2.24, 2.45) is 0 Å². The minimum Gasteiger partial charge on any atom is -0.350 e. The lowest BCUT2D eigenvalue weighted by atomic mass is 10.0. The predicted molar refractivity (Wildman–Crippen MR) is 131 cm³/mol. The van der Waals surface area contributed by atoms with Crippen molar-refractivity contribution >= 4 is 40.4 Å². The Kier molecular flexibility index (Phi) is 5.84. The Morgan fingerprint density at radius 2 is 1.39 bits per heavy atom. The molecular formula is C27H25N3O3. The molecule has 3 aromatic carbocycles. The molecule has 0 saturated carbocycles. The van der Waals surface area contributed by atoms with Crippen molar-refractivity contribution in [2.75, 3.05) is 15.5 Å². The maximum atomic E-state index is 13.5. The number of amides is 3. The van der Waals surface area contributed by atoms with Crippen LogP contribution in [0.1, 0.15) is 29.2 Å². The number of benzene rings is 3. The van der Waals surface area contributed by atoms with E-state index < -0.39 is 11.8 Å². The molecule has 0 spiro atoms. The quantitative estimate of drug-likeness (QED) is 0.551. The fraction of sp³-hybridized carbons (Fsp3) is 0.148. The van der Waals surface area contributed by atoms with Crippen molar-refractivity contribution in [3.05, 3.63) is 94.7 Å². The van der Waals surface area contributed by atoms with Crippen molar-refractivity contribution in [3.63, 3.8) is 0 Å². The van der Waals surface area contributed by atoms with E-state index in [1.807, 2.05) is 51.1 Å². The van der Waals surface area contributed by atoms with Crippen LogP contribution in [-0.4, -0.2) is 17.7 Å². The molecule has 0 unspecified atom stereocenters. The summed E-state index contributed by atoms with van der Waals surface area (Å²) in [6.45, 7) is 7.39. The number of aryl methyl sites for hydroxylation is 3. The largest absolute Gasteiger partial charge is 0.350 e. The van der Waals surface area contributed by atoms with Crippen molar-refractivity contribution in [1.82, 2.24) is 0 Å². The summed E-state index contributed by atoms with van der Waals surface area (Å²) >= 11 is 0. The van der Waals surface area contributed by atoms with Gasteiger partial charge in [0.05, 0.1) is 11.3 Å². The van der Waals surface area contributed by atoms with E-state index in [9.17, 15) is 14.4 Å². The number of carbonyl (C=O) groups excluding carboxylic acids is 3. The molecule has 3 aromatic rings. The van der Waals surface area contributed by atoms with Gasteiger partial charge in [-0.2, -0.15) is 0 Å². The van der Waals surface area contributed by atoms with Crippen LogP contribution in [0.25, 0.3) is 5.57 Å². The smallest absolute Gasteiger partial charge is 0.282 e. The molecule has 0 atom stereocenters. The number of carbonyl (C=O) groups is 3. The predicted octanol–water partition coefficient (Wildman–Crippen LogP) is 4.97. The molecule has 6 nitrogen and oxygen atoms in total. The lowest BCUT2D eigenvalue weighted by Gasteiger charge is -2.16. The van der Waals surface area contributed by atoms with Crippen LogP contribution >= 0.6 is 0 Å². The van der Waals surface area contributed by atoms with Gasteiger partial charge in [-0.25, -0.2) is 4.90 Å². The summed E-state index contributed by atoms with van der Waals surface area (Å²) in [5.41, 5.74) is 6.20. The molecule has 0 radical (unpaired) electrons. The molecular weight excluding hydrogens is 414 g/mol. The van der Waals surface area contributed by atoms with Gasteiger partial charge in [0.2, 0.25) is 5.91 Å². The van der Waals surface area contributed by atoms with Crippen molar-refractivity contribution < 1.29 is 14.4 Å². The van der Waals surface area contributed by atoms with Gasteiger partial charge in [-0.1, -0.05) is 35.9 Å². The Labute approximate surface area is 192 Å². The highest BCUT2D eigenvalue weighted by atomic mass is 16.2. The van der Waals surface area contributed by atoms with Gasteiger partial charge in [0.1, 0.15) is 5.70 Å². The maximum Gasteiger partial charge on any atom is 0.282 e. The van der Waals surface area contributed by atoms with E-state index in [-0.39, 0.29) is 17.2 Å². The number of imide groups is 1. The van der Waals surface area contributed by atoms with E-state index in [4.69, 9.17) is 0 Å². The van der Waals surface area contributed by atoms with Crippen LogP contribution < -0.4 is 15.5 Å². The number of hydrogen-bond acceptors (Lipinski definition) is 4. The number of nitrogens with zero attached hydrogens (tertiary/aromatic N) is 1. The molecule has 4 rings (SSSR count). The van der Waals surface area contributed by atoms with E-state index in [1.54, 1.807) is 36.4 Å². The third-order valence-electron chi connectivity index (χ3n) is 5.65. The molecule has 0 aromatic heterocycles. The Morgan fingerprint density at radius 1 is 0.758 bits per heavy atom. The normalized spacial score (nSPS) is 13.5. The highest BCUT2D eigenvalue weighted by Crippen LogP contribution is 2.34. The van der Waals surface area contributed by atoms with Crippen LogP contribution in [0.15, 0.2) is 72.4 Å². The number of rotatable bonds is 5.